The molecule has 13 heavy (non-hydrogen) atoms. The van der Waals surface area contributed by atoms with E-state index in [1.165, 1.54) is 13.8 Å². The van der Waals surface area contributed by atoms with E-state index in [4.69, 9.17) is 10.2 Å². The van der Waals surface area contributed by atoms with Gasteiger partial charge >= 0.3 is 6.03 Å². The first kappa shape index (κ1) is 9.94. The lowest BCUT2D eigenvalue weighted by Crippen LogP contribution is -2.41. The summed E-state index contributed by atoms with van der Waals surface area (Å²) in [6.45, 7) is 2.53. The summed E-state index contributed by atoms with van der Waals surface area (Å²) in [5, 5.41) is 18.2. The third-order valence-electron chi connectivity index (χ3n) is 1.85. The van der Waals surface area contributed by atoms with Crippen LogP contribution in [-0.4, -0.2) is 51.0 Å². The van der Waals surface area contributed by atoms with E-state index in [0.717, 1.165) is 4.90 Å². The molecule has 6 nitrogen and oxygen atoms in total. The molecule has 2 atom stereocenters. The van der Waals surface area contributed by atoms with Crippen LogP contribution in [0.15, 0.2) is 0 Å². The van der Waals surface area contributed by atoms with Gasteiger partial charge in [-0.3, -0.25) is 9.69 Å². The largest absolute Gasteiger partial charge is 0.374 e. The summed E-state index contributed by atoms with van der Waals surface area (Å²) >= 11 is 0. The first-order valence-corrected chi connectivity index (χ1v) is 3.94. The molecule has 1 heterocycles. The van der Waals surface area contributed by atoms with Crippen LogP contribution in [0.25, 0.3) is 0 Å². The van der Waals surface area contributed by atoms with E-state index in [0.29, 0.717) is 4.90 Å². The van der Waals surface area contributed by atoms with Crippen molar-refractivity contribution in [2.75, 3.05) is 6.54 Å². The second-order valence-corrected chi connectivity index (χ2v) is 2.94. The lowest BCUT2D eigenvalue weighted by molar-refractivity contribution is -0.131. The molecule has 0 aliphatic carbocycles. The van der Waals surface area contributed by atoms with Crippen LogP contribution < -0.4 is 0 Å². The van der Waals surface area contributed by atoms with Gasteiger partial charge in [0.15, 0.2) is 0 Å². The molecule has 1 saturated heterocycles. The second-order valence-electron chi connectivity index (χ2n) is 2.94. The van der Waals surface area contributed by atoms with Crippen molar-refractivity contribution in [3.8, 4) is 0 Å². The number of imide groups is 1. The number of urea groups is 1. The number of nitrogens with zero attached hydrogens (tertiary/aromatic N) is 2. The molecular formula is C7H12N2O4. The Morgan fingerprint density at radius 3 is 2.00 bits per heavy atom. The van der Waals surface area contributed by atoms with Crippen molar-refractivity contribution in [2.24, 2.45) is 0 Å². The van der Waals surface area contributed by atoms with Crippen molar-refractivity contribution in [1.82, 2.24) is 9.80 Å². The summed E-state index contributed by atoms with van der Waals surface area (Å²) < 4.78 is 0. The average molecular weight is 188 g/mol. The Labute approximate surface area is 75.4 Å². The topological polar surface area (TPSA) is 81.1 Å². The smallest absolute Gasteiger partial charge is 0.331 e. The third kappa shape index (κ3) is 1.63. The Bertz CT molecular complexity index is 239. The molecule has 1 aliphatic rings. The Morgan fingerprint density at radius 1 is 1.23 bits per heavy atom. The Morgan fingerprint density at radius 2 is 1.77 bits per heavy atom. The van der Waals surface area contributed by atoms with Gasteiger partial charge < -0.3 is 10.2 Å². The zero-order valence-electron chi connectivity index (χ0n) is 7.47. The number of carbonyl (C=O) groups excluding carboxylic acids is 2. The standard InChI is InChI=1S/C7H12N2O4/c1-4(10)8-3-6(12)9(5(2)11)7(8)13/h4-5,10-11H,3H2,1-2H3. The highest BCUT2D eigenvalue weighted by Crippen LogP contribution is 2.14. The minimum absolute atomic E-state index is 0.179. The molecule has 0 radical (unpaired) electrons. The quantitative estimate of drug-likeness (QED) is 0.540. The summed E-state index contributed by atoms with van der Waals surface area (Å²) in [5.41, 5.74) is 0. The van der Waals surface area contributed by atoms with Crippen LogP contribution >= 0.6 is 0 Å². The molecule has 6 heteroatoms. The maximum absolute atomic E-state index is 11.3. The van der Waals surface area contributed by atoms with Crippen LogP contribution in [0.3, 0.4) is 0 Å². The molecule has 0 aromatic heterocycles. The zero-order chi connectivity index (χ0) is 10.2. The van der Waals surface area contributed by atoms with Gasteiger partial charge in [-0.25, -0.2) is 9.69 Å². The number of aliphatic hydroxyl groups is 2. The van der Waals surface area contributed by atoms with E-state index in [1.807, 2.05) is 0 Å². The van der Waals surface area contributed by atoms with Crippen molar-refractivity contribution in [3.63, 3.8) is 0 Å². The molecule has 0 aromatic carbocycles. The highest BCUT2D eigenvalue weighted by Gasteiger charge is 2.40. The predicted molar refractivity (Wildman–Crippen MR) is 42.3 cm³/mol. The lowest BCUT2D eigenvalue weighted by atomic mass is 10.5. The fourth-order valence-corrected chi connectivity index (χ4v) is 1.19. The van der Waals surface area contributed by atoms with Crippen LogP contribution in [0.5, 0.6) is 0 Å². The van der Waals surface area contributed by atoms with Gasteiger partial charge in [-0.2, -0.15) is 0 Å². The van der Waals surface area contributed by atoms with Crippen molar-refractivity contribution in [1.29, 1.82) is 0 Å². The van der Waals surface area contributed by atoms with E-state index in [1.54, 1.807) is 0 Å². The fourth-order valence-electron chi connectivity index (χ4n) is 1.19. The highest BCUT2D eigenvalue weighted by molar-refractivity contribution is 6.02. The number of hydrogen-bond acceptors (Lipinski definition) is 4. The summed E-state index contributed by atoms with van der Waals surface area (Å²) in [5.74, 6) is -0.499. The molecule has 0 spiro atoms. The number of rotatable bonds is 2. The summed E-state index contributed by atoms with van der Waals surface area (Å²) in [4.78, 5) is 24.1. The first-order chi connectivity index (χ1) is 5.95. The Balaban J connectivity index is 2.82. The van der Waals surface area contributed by atoms with E-state index in [-0.39, 0.29) is 6.54 Å². The SMILES string of the molecule is CC(O)N1CC(=O)N(C(C)O)C1=O. The Kier molecular flexibility index (Phi) is 2.53. The van der Waals surface area contributed by atoms with Gasteiger partial charge in [-0.05, 0) is 13.8 Å². The lowest BCUT2D eigenvalue weighted by Gasteiger charge is -2.20. The monoisotopic (exact) mass is 188 g/mol. The van der Waals surface area contributed by atoms with Gasteiger partial charge in [0, 0.05) is 0 Å². The molecule has 1 rings (SSSR count). The number of carbonyl (C=O) groups is 2. The van der Waals surface area contributed by atoms with Crippen LogP contribution in [0.1, 0.15) is 13.8 Å². The van der Waals surface area contributed by atoms with E-state index >= 15 is 0 Å². The average Bonchev–Trinajstić information content (AvgIpc) is 2.26. The van der Waals surface area contributed by atoms with Crippen LogP contribution in [0, 0.1) is 0 Å². The molecule has 1 fully saturated rings. The maximum atomic E-state index is 11.3. The molecule has 3 amide bonds. The van der Waals surface area contributed by atoms with Gasteiger partial charge in [0.05, 0.1) is 0 Å². The molecule has 2 N–H and O–H groups in total. The number of amides is 3. The molecule has 74 valence electrons. The van der Waals surface area contributed by atoms with Crippen LogP contribution in [-0.2, 0) is 4.79 Å². The normalized spacial score (nSPS) is 22.5. The third-order valence-corrected chi connectivity index (χ3v) is 1.85. The highest BCUT2D eigenvalue weighted by atomic mass is 16.3. The number of aliphatic hydroxyl groups excluding tert-OH is 2. The second kappa shape index (κ2) is 3.31. The van der Waals surface area contributed by atoms with Crippen LogP contribution in [0.2, 0.25) is 0 Å². The minimum Gasteiger partial charge on any atom is -0.374 e. The van der Waals surface area contributed by atoms with Crippen molar-refractivity contribution >= 4 is 11.9 Å². The first-order valence-electron chi connectivity index (χ1n) is 3.94. The predicted octanol–water partition coefficient (Wildman–Crippen LogP) is -1.07. The summed E-state index contributed by atoms with van der Waals surface area (Å²) in [6, 6.07) is -0.657. The van der Waals surface area contributed by atoms with Gasteiger partial charge in [-0.1, -0.05) is 0 Å². The van der Waals surface area contributed by atoms with Crippen molar-refractivity contribution < 1.29 is 19.8 Å². The Hall–Kier alpha value is -1.14. The van der Waals surface area contributed by atoms with Crippen molar-refractivity contribution in [3.05, 3.63) is 0 Å². The minimum atomic E-state index is -1.15. The fraction of sp³-hybridized carbons (Fsp3) is 0.714. The molecule has 0 aromatic rings. The molecule has 2 unspecified atom stereocenters. The van der Waals surface area contributed by atoms with Crippen LogP contribution in [0.4, 0.5) is 4.79 Å². The maximum Gasteiger partial charge on any atom is 0.331 e. The van der Waals surface area contributed by atoms with E-state index in [2.05, 4.69) is 0 Å². The molecule has 0 saturated carbocycles. The summed E-state index contributed by atoms with van der Waals surface area (Å²) in [7, 11) is 0. The zero-order valence-corrected chi connectivity index (χ0v) is 7.47. The molecular weight excluding hydrogens is 176 g/mol. The van der Waals surface area contributed by atoms with Gasteiger partial charge in [0.2, 0.25) is 0 Å². The van der Waals surface area contributed by atoms with E-state index in [9.17, 15) is 9.59 Å². The van der Waals surface area contributed by atoms with Crippen molar-refractivity contribution in [2.45, 2.75) is 26.3 Å². The van der Waals surface area contributed by atoms with E-state index < -0.39 is 24.4 Å². The van der Waals surface area contributed by atoms with Gasteiger partial charge in [0.25, 0.3) is 5.91 Å². The number of hydrogen-bond donors (Lipinski definition) is 2. The van der Waals surface area contributed by atoms with Gasteiger partial charge in [-0.15, -0.1) is 0 Å². The summed E-state index contributed by atoms with van der Waals surface area (Å²) in [6.07, 6.45) is -2.16. The van der Waals surface area contributed by atoms with Gasteiger partial charge in [0.1, 0.15) is 19.0 Å². The molecule has 0 bridgehead atoms. The molecule has 1 aliphatic heterocycles.